The summed E-state index contributed by atoms with van der Waals surface area (Å²) in [5.41, 5.74) is 0. The standard InChI is InChI=1S/C53H87NO8/c1-6-8-10-12-14-16-18-20-22-23-24-25-26-27-28-29-30-32-34-36-38-40-42-44-51(56)62-49(48-61-53(52(57)58)59-46-45-54(3,4)5)47-60-50(55)43-41-39-37-35-33-31-21-19-17-15-13-11-9-7-2/h8,10,13-16,19-22,24-25,27-28,30,32,49,53H,6-7,9,11-12,17-18,23,26,29,31,33-48H2,1-5H3/p+1/b10-8-,15-13-,16-14-,21-19-,22-20-,25-24-,28-27-,32-30-. The van der Waals surface area contributed by atoms with Gasteiger partial charge in [-0.2, -0.15) is 0 Å². The van der Waals surface area contributed by atoms with Gasteiger partial charge in [-0.05, 0) is 89.9 Å². The van der Waals surface area contributed by atoms with E-state index in [1.807, 2.05) is 21.1 Å². The molecule has 9 nitrogen and oxygen atoms in total. The number of likely N-dealkylation sites (N-methyl/N-ethyl adjacent to an activating group) is 1. The Morgan fingerprint density at radius 1 is 0.500 bits per heavy atom. The molecule has 0 saturated heterocycles. The number of rotatable bonds is 42. The molecule has 0 aliphatic rings. The molecule has 0 radical (unpaired) electrons. The largest absolute Gasteiger partial charge is 0.477 e. The van der Waals surface area contributed by atoms with Crippen LogP contribution < -0.4 is 0 Å². The molecule has 0 bridgehead atoms. The van der Waals surface area contributed by atoms with E-state index in [0.29, 0.717) is 17.4 Å². The smallest absolute Gasteiger partial charge is 0.361 e. The topological polar surface area (TPSA) is 108 Å². The van der Waals surface area contributed by atoms with Crippen LogP contribution in [-0.4, -0.2) is 87.4 Å². The van der Waals surface area contributed by atoms with Crippen molar-refractivity contribution in [3.05, 3.63) is 97.2 Å². The fourth-order valence-corrected chi connectivity index (χ4v) is 5.85. The Labute approximate surface area is 378 Å². The highest BCUT2D eigenvalue weighted by molar-refractivity contribution is 5.71. The zero-order valence-corrected chi connectivity index (χ0v) is 39.7. The first-order chi connectivity index (χ1) is 30.1. The zero-order valence-electron chi connectivity index (χ0n) is 39.7. The van der Waals surface area contributed by atoms with E-state index in [1.165, 1.54) is 12.8 Å². The van der Waals surface area contributed by atoms with Gasteiger partial charge in [0.25, 0.3) is 6.29 Å². The first kappa shape index (κ1) is 58.2. The van der Waals surface area contributed by atoms with E-state index in [1.54, 1.807) is 0 Å². The van der Waals surface area contributed by atoms with Crippen LogP contribution in [-0.2, 0) is 33.3 Å². The summed E-state index contributed by atoms with van der Waals surface area (Å²) in [6, 6.07) is 0. The van der Waals surface area contributed by atoms with E-state index in [4.69, 9.17) is 18.9 Å². The van der Waals surface area contributed by atoms with Crippen molar-refractivity contribution < 1.29 is 42.9 Å². The van der Waals surface area contributed by atoms with Crippen molar-refractivity contribution in [3.63, 3.8) is 0 Å². The van der Waals surface area contributed by atoms with Crippen molar-refractivity contribution in [2.75, 3.05) is 47.5 Å². The number of carboxylic acid groups (broad SMARTS) is 1. The van der Waals surface area contributed by atoms with Crippen molar-refractivity contribution in [2.45, 2.75) is 174 Å². The molecule has 2 unspecified atom stereocenters. The molecule has 1 N–H and O–H groups in total. The van der Waals surface area contributed by atoms with Gasteiger partial charge < -0.3 is 28.5 Å². The first-order valence-corrected chi connectivity index (χ1v) is 23.9. The average molecular weight is 867 g/mol. The second kappa shape index (κ2) is 43.8. The minimum Gasteiger partial charge on any atom is -0.477 e. The lowest BCUT2D eigenvalue weighted by Gasteiger charge is -2.25. The molecule has 0 aromatic carbocycles. The van der Waals surface area contributed by atoms with Crippen molar-refractivity contribution in [1.29, 1.82) is 0 Å². The molecule has 352 valence electrons. The van der Waals surface area contributed by atoms with Crippen LogP contribution in [0.2, 0.25) is 0 Å². The van der Waals surface area contributed by atoms with Crippen molar-refractivity contribution >= 4 is 17.9 Å². The maximum absolute atomic E-state index is 12.8. The molecular formula is C53H88NO8+. The second-order valence-electron chi connectivity index (χ2n) is 16.7. The maximum atomic E-state index is 12.8. The highest BCUT2D eigenvalue weighted by Gasteiger charge is 2.25. The van der Waals surface area contributed by atoms with E-state index in [-0.39, 0.29) is 38.6 Å². The summed E-state index contributed by atoms with van der Waals surface area (Å²) in [5, 5.41) is 9.65. The van der Waals surface area contributed by atoms with Crippen LogP contribution in [0.4, 0.5) is 0 Å². The molecule has 9 heteroatoms. The number of carboxylic acids is 1. The number of hydrogen-bond donors (Lipinski definition) is 1. The number of esters is 2. The average Bonchev–Trinajstić information content (AvgIpc) is 3.23. The number of nitrogens with zero attached hydrogens (tertiary/aromatic N) is 1. The Bertz CT molecular complexity index is 1330. The third-order valence-corrected chi connectivity index (χ3v) is 9.57. The first-order valence-electron chi connectivity index (χ1n) is 23.9. The van der Waals surface area contributed by atoms with Gasteiger partial charge in [0.05, 0.1) is 34.4 Å². The van der Waals surface area contributed by atoms with Crippen LogP contribution in [0.1, 0.15) is 162 Å². The van der Waals surface area contributed by atoms with E-state index < -0.39 is 24.3 Å². The summed E-state index contributed by atoms with van der Waals surface area (Å²) in [6.07, 6.45) is 54.6. The molecule has 62 heavy (non-hydrogen) atoms. The summed E-state index contributed by atoms with van der Waals surface area (Å²) in [4.78, 5) is 37.2. The lowest BCUT2D eigenvalue weighted by molar-refractivity contribution is -0.870. The highest BCUT2D eigenvalue weighted by atomic mass is 16.7. The number of quaternary nitrogens is 1. The fourth-order valence-electron chi connectivity index (χ4n) is 5.85. The molecule has 0 amide bonds. The van der Waals surface area contributed by atoms with Crippen LogP contribution >= 0.6 is 0 Å². The minimum atomic E-state index is -1.53. The number of ether oxygens (including phenoxy) is 4. The number of allylic oxidation sites excluding steroid dienone is 16. The molecule has 0 aliphatic carbocycles. The van der Waals surface area contributed by atoms with Gasteiger partial charge in [0.1, 0.15) is 13.2 Å². The van der Waals surface area contributed by atoms with Gasteiger partial charge in [0.2, 0.25) is 0 Å². The summed E-state index contributed by atoms with van der Waals surface area (Å²) in [6.45, 7) is 4.64. The number of aliphatic carboxylic acids is 1. The third kappa shape index (κ3) is 44.3. The Hall–Kier alpha value is -3.79. The van der Waals surface area contributed by atoms with Gasteiger partial charge in [-0.15, -0.1) is 0 Å². The van der Waals surface area contributed by atoms with Crippen molar-refractivity contribution in [3.8, 4) is 0 Å². The molecular weight excluding hydrogens is 779 g/mol. The Morgan fingerprint density at radius 2 is 0.919 bits per heavy atom. The van der Waals surface area contributed by atoms with Gasteiger partial charge in [-0.1, -0.05) is 156 Å². The fraction of sp³-hybridized carbons (Fsp3) is 0.642. The maximum Gasteiger partial charge on any atom is 0.361 e. The van der Waals surface area contributed by atoms with E-state index in [2.05, 4.69) is 111 Å². The van der Waals surface area contributed by atoms with Crippen molar-refractivity contribution in [1.82, 2.24) is 0 Å². The second-order valence-corrected chi connectivity index (χ2v) is 16.7. The summed E-state index contributed by atoms with van der Waals surface area (Å²) in [5.74, 6) is -2.08. The van der Waals surface area contributed by atoms with Gasteiger partial charge in [0.15, 0.2) is 6.10 Å². The van der Waals surface area contributed by atoms with E-state index >= 15 is 0 Å². The predicted octanol–water partition coefficient (Wildman–Crippen LogP) is 13.1. The number of unbranched alkanes of at least 4 members (excludes halogenated alkanes) is 11. The van der Waals surface area contributed by atoms with Gasteiger partial charge >= 0.3 is 17.9 Å². The van der Waals surface area contributed by atoms with Gasteiger partial charge in [-0.3, -0.25) is 9.59 Å². The van der Waals surface area contributed by atoms with Gasteiger partial charge in [-0.25, -0.2) is 4.79 Å². The van der Waals surface area contributed by atoms with Gasteiger partial charge in [0, 0.05) is 12.8 Å². The van der Waals surface area contributed by atoms with Crippen LogP contribution in [0.5, 0.6) is 0 Å². The number of carbonyl (C=O) groups is 3. The Morgan fingerprint density at radius 3 is 1.37 bits per heavy atom. The van der Waals surface area contributed by atoms with Crippen LogP contribution in [0.15, 0.2) is 97.2 Å². The number of hydrogen-bond acceptors (Lipinski definition) is 7. The molecule has 0 aromatic heterocycles. The predicted molar refractivity (Wildman–Crippen MR) is 258 cm³/mol. The molecule has 0 heterocycles. The molecule has 0 aliphatic heterocycles. The molecule has 0 fully saturated rings. The summed E-state index contributed by atoms with van der Waals surface area (Å²) in [7, 11) is 5.93. The molecule has 0 rings (SSSR count). The monoisotopic (exact) mass is 867 g/mol. The van der Waals surface area contributed by atoms with Crippen LogP contribution in [0.25, 0.3) is 0 Å². The lowest BCUT2D eigenvalue weighted by atomic mass is 10.1. The molecule has 0 saturated carbocycles. The summed E-state index contributed by atoms with van der Waals surface area (Å²) < 4.78 is 22.7. The highest BCUT2D eigenvalue weighted by Crippen LogP contribution is 2.12. The quantitative estimate of drug-likeness (QED) is 0.0212. The Kier molecular flexibility index (Phi) is 41.2. The van der Waals surface area contributed by atoms with Crippen LogP contribution in [0.3, 0.4) is 0 Å². The third-order valence-electron chi connectivity index (χ3n) is 9.57. The molecule has 0 spiro atoms. The zero-order chi connectivity index (χ0) is 45.6. The van der Waals surface area contributed by atoms with Crippen molar-refractivity contribution in [2.24, 2.45) is 0 Å². The normalized spacial score (nSPS) is 13.8. The Balaban J connectivity index is 4.48. The van der Waals surface area contributed by atoms with E-state index in [9.17, 15) is 19.5 Å². The lowest BCUT2D eigenvalue weighted by Crippen LogP contribution is -2.40. The molecule has 0 aromatic rings. The van der Waals surface area contributed by atoms with E-state index in [0.717, 1.165) is 116 Å². The summed E-state index contributed by atoms with van der Waals surface area (Å²) >= 11 is 0. The van der Waals surface area contributed by atoms with Crippen LogP contribution in [0, 0.1) is 0 Å². The SMILES string of the molecule is CC/C=C\C/C=C\C/C=C\C/C=C\C/C=C\C/C=C\CCCCCCC(=O)OC(COC(=O)CCCCCCC/C=C\C/C=C\CCCC)COC(OCC[N+](C)(C)C)C(=O)O. The minimum absolute atomic E-state index is 0.174. The number of carbonyl (C=O) groups excluding carboxylic acids is 2. The molecule has 2 atom stereocenters.